The maximum Gasteiger partial charge on any atom is 0.335 e. The first-order valence-electron chi connectivity index (χ1n) is 7.77. The number of hydrogen-bond acceptors (Lipinski definition) is 4. The summed E-state index contributed by atoms with van der Waals surface area (Å²) in [6.07, 6.45) is 2.36. The van der Waals surface area contributed by atoms with Gasteiger partial charge in [-0.1, -0.05) is 0 Å². The van der Waals surface area contributed by atoms with Gasteiger partial charge in [-0.3, -0.25) is 4.79 Å². The van der Waals surface area contributed by atoms with Gasteiger partial charge in [-0.25, -0.2) is 4.79 Å². The second-order valence-electron chi connectivity index (χ2n) is 5.73. The van der Waals surface area contributed by atoms with Crippen LogP contribution in [0.1, 0.15) is 33.6 Å². The first kappa shape index (κ1) is 15.9. The number of rotatable bonds is 4. The van der Waals surface area contributed by atoms with Crippen molar-refractivity contribution < 1.29 is 19.8 Å². The van der Waals surface area contributed by atoms with Crippen LogP contribution in [0.4, 0.5) is 11.4 Å². The van der Waals surface area contributed by atoms with Crippen molar-refractivity contribution in [2.24, 2.45) is 0 Å². The summed E-state index contributed by atoms with van der Waals surface area (Å²) in [6, 6.07) is 11.0. The number of carbonyl (C=O) groups is 2. The molecule has 3 N–H and O–H groups in total. The number of carboxylic acids is 1. The van der Waals surface area contributed by atoms with Crippen molar-refractivity contribution in [1.82, 2.24) is 0 Å². The summed E-state index contributed by atoms with van der Waals surface area (Å²) < 4.78 is 0. The summed E-state index contributed by atoms with van der Waals surface area (Å²) in [5.41, 5.74) is 1.59. The van der Waals surface area contributed by atoms with E-state index in [-0.39, 0.29) is 17.0 Å². The van der Waals surface area contributed by atoms with E-state index in [1.54, 1.807) is 12.1 Å². The van der Waals surface area contributed by atoms with Crippen LogP contribution in [0.25, 0.3) is 0 Å². The number of aromatic hydroxyl groups is 1. The van der Waals surface area contributed by atoms with Crippen molar-refractivity contribution in [3.8, 4) is 5.75 Å². The van der Waals surface area contributed by atoms with Crippen molar-refractivity contribution in [3.63, 3.8) is 0 Å². The third kappa shape index (κ3) is 3.32. The minimum atomic E-state index is -1.12. The van der Waals surface area contributed by atoms with Crippen LogP contribution in [0.15, 0.2) is 42.5 Å². The third-order valence-electron chi connectivity index (χ3n) is 4.09. The van der Waals surface area contributed by atoms with Crippen LogP contribution < -0.4 is 10.2 Å². The Hall–Kier alpha value is -3.02. The highest BCUT2D eigenvalue weighted by atomic mass is 16.4. The Bertz CT molecular complexity index is 765. The second-order valence-corrected chi connectivity index (χ2v) is 5.73. The average Bonchev–Trinajstić information content (AvgIpc) is 3.11. The molecule has 0 bridgehead atoms. The number of benzene rings is 2. The molecule has 1 fully saturated rings. The molecule has 1 heterocycles. The van der Waals surface area contributed by atoms with Gasteiger partial charge in [0.2, 0.25) is 0 Å². The van der Waals surface area contributed by atoms with Gasteiger partial charge in [-0.05, 0) is 55.3 Å². The van der Waals surface area contributed by atoms with Gasteiger partial charge in [0.15, 0.2) is 0 Å². The molecule has 1 aliphatic heterocycles. The summed E-state index contributed by atoms with van der Waals surface area (Å²) in [5.74, 6) is -1.71. The number of hydrogen-bond donors (Lipinski definition) is 3. The van der Waals surface area contributed by atoms with E-state index in [4.69, 9.17) is 5.11 Å². The average molecular weight is 326 g/mol. The number of anilines is 2. The first-order valence-corrected chi connectivity index (χ1v) is 7.77. The molecular weight excluding hydrogens is 308 g/mol. The van der Waals surface area contributed by atoms with E-state index < -0.39 is 11.9 Å². The number of nitrogens with zero attached hydrogens (tertiary/aromatic N) is 1. The molecular formula is C18H18N2O4. The summed E-state index contributed by atoms with van der Waals surface area (Å²) in [4.78, 5) is 25.5. The van der Waals surface area contributed by atoms with E-state index in [0.29, 0.717) is 5.56 Å². The number of carboxylic acid groups (broad SMARTS) is 1. The number of carbonyl (C=O) groups excluding carboxylic acids is 1. The minimum Gasteiger partial charge on any atom is -0.506 e. The van der Waals surface area contributed by atoms with Gasteiger partial charge >= 0.3 is 5.97 Å². The highest BCUT2D eigenvalue weighted by Crippen LogP contribution is 2.25. The van der Waals surface area contributed by atoms with Crippen molar-refractivity contribution >= 4 is 23.3 Å². The lowest BCUT2D eigenvalue weighted by Gasteiger charge is -2.17. The van der Waals surface area contributed by atoms with Crippen LogP contribution >= 0.6 is 0 Å². The normalized spacial score (nSPS) is 13.8. The third-order valence-corrected chi connectivity index (χ3v) is 4.09. The highest BCUT2D eigenvalue weighted by molar-refractivity contribution is 6.05. The van der Waals surface area contributed by atoms with Crippen LogP contribution in [0, 0.1) is 0 Å². The van der Waals surface area contributed by atoms with Gasteiger partial charge in [0.1, 0.15) is 5.75 Å². The molecule has 24 heavy (non-hydrogen) atoms. The molecule has 1 amide bonds. The Morgan fingerprint density at radius 1 is 0.958 bits per heavy atom. The lowest BCUT2D eigenvalue weighted by atomic mass is 10.1. The number of amides is 1. The van der Waals surface area contributed by atoms with Crippen molar-refractivity contribution in [2.75, 3.05) is 23.3 Å². The van der Waals surface area contributed by atoms with Crippen LogP contribution in [0.2, 0.25) is 0 Å². The van der Waals surface area contributed by atoms with Gasteiger partial charge < -0.3 is 20.4 Å². The summed E-state index contributed by atoms with van der Waals surface area (Å²) in [5, 5.41) is 21.3. The Balaban J connectivity index is 1.75. The first-order chi connectivity index (χ1) is 11.5. The van der Waals surface area contributed by atoms with Crippen molar-refractivity contribution in [2.45, 2.75) is 12.8 Å². The maximum absolute atomic E-state index is 12.3. The fourth-order valence-electron chi connectivity index (χ4n) is 2.76. The number of nitrogens with one attached hydrogen (secondary N) is 1. The van der Waals surface area contributed by atoms with Gasteiger partial charge in [-0.2, -0.15) is 0 Å². The Morgan fingerprint density at radius 2 is 1.58 bits per heavy atom. The number of aromatic carboxylic acids is 1. The lowest BCUT2D eigenvalue weighted by Crippen LogP contribution is -2.18. The molecule has 2 aromatic rings. The molecule has 0 aromatic heterocycles. The van der Waals surface area contributed by atoms with Gasteiger partial charge in [-0.15, -0.1) is 0 Å². The Kier molecular flexibility index (Phi) is 4.37. The molecule has 0 aliphatic carbocycles. The quantitative estimate of drug-likeness (QED) is 0.752. The van der Waals surface area contributed by atoms with Crippen molar-refractivity contribution in [1.29, 1.82) is 0 Å². The molecule has 1 aliphatic rings. The smallest absolute Gasteiger partial charge is 0.335 e. The van der Waals surface area contributed by atoms with Gasteiger partial charge in [0.05, 0.1) is 11.3 Å². The summed E-state index contributed by atoms with van der Waals surface area (Å²) >= 11 is 0. The van der Waals surface area contributed by atoms with Gasteiger partial charge in [0.25, 0.3) is 5.91 Å². The molecule has 124 valence electrons. The van der Waals surface area contributed by atoms with E-state index >= 15 is 0 Å². The van der Waals surface area contributed by atoms with E-state index in [1.807, 2.05) is 12.1 Å². The van der Waals surface area contributed by atoms with E-state index in [0.717, 1.165) is 18.8 Å². The topological polar surface area (TPSA) is 89.9 Å². The van der Waals surface area contributed by atoms with Crippen LogP contribution in [-0.2, 0) is 0 Å². The minimum absolute atomic E-state index is 0.00696. The highest BCUT2D eigenvalue weighted by Gasteiger charge is 2.14. The van der Waals surface area contributed by atoms with Gasteiger partial charge in [0, 0.05) is 24.3 Å². The molecule has 6 heteroatoms. The zero-order chi connectivity index (χ0) is 17.1. The van der Waals surface area contributed by atoms with Crippen LogP contribution in [0.5, 0.6) is 5.75 Å². The molecule has 0 radical (unpaired) electrons. The van der Waals surface area contributed by atoms with E-state index in [9.17, 15) is 14.7 Å². The standard InChI is InChI=1S/C18H18N2O4/c21-16-8-5-13(18(23)24)11-15(16)19-17(22)12-3-6-14(7-4-12)20-9-1-2-10-20/h3-8,11,21H,1-2,9-10H2,(H,19,22)(H,23,24). The lowest BCUT2D eigenvalue weighted by molar-refractivity contribution is 0.0696. The molecule has 0 unspecified atom stereocenters. The number of phenols is 1. The zero-order valence-corrected chi connectivity index (χ0v) is 13.0. The zero-order valence-electron chi connectivity index (χ0n) is 13.0. The molecule has 1 saturated heterocycles. The Morgan fingerprint density at radius 3 is 2.21 bits per heavy atom. The second kappa shape index (κ2) is 6.62. The predicted molar refractivity (Wildman–Crippen MR) is 90.9 cm³/mol. The summed E-state index contributed by atoms with van der Waals surface area (Å²) in [7, 11) is 0. The fourth-order valence-corrected chi connectivity index (χ4v) is 2.76. The fraction of sp³-hybridized carbons (Fsp3) is 0.222. The maximum atomic E-state index is 12.3. The summed E-state index contributed by atoms with van der Waals surface area (Å²) in [6.45, 7) is 2.06. The molecule has 6 nitrogen and oxygen atoms in total. The van der Waals surface area contributed by atoms with Crippen molar-refractivity contribution in [3.05, 3.63) is 53.6 Å². The monoisotopic (exact) mass is 326 g/mol. The molecule has 0 atom stereocenters. The van der Waals surface area contributed by atoms with E-state index in [2.05, 4.69) is 10.2 Å². The molecule has 0 spiro atoms. The molecule has 2 aromatic carbocycles. The Labute approximate surface area is 139 Å². The molecule has 3 rings (SSSR count). The van der Waals surface area contributed by atoms with Crippen LogP contribution in [-0.4, -0.2) is 35.2 Å². The van der Waals surface area contributed by atoms with E-state index in [1.165, 1.54) is 31.0 Å². The molecule has 0 saturated carbocycles. The SMILES string of the molecule is O=C(O)c1ccc(O)c(NC(=O)c2ccc(N3CCCC3)cc2)c1. The van der Waals surface area contributed by atoms with Crippen LogP contribution in [0.3, 0.4) is 0 Å². The number of phenolic OH excluding ortho intramolecular Hbond substituents is 1. The largest absolute Gasteiger partial charge is 0.506 e. The predicted octanol–water partition coefficient (Wildman–Crippen LogP) is 2.94.